The lowest BCUT2D eigenvalue weighted by Crippen LogP contribution is -2.32. The Morgan fingerprint density at radius 2 is 2.00 bits per heavy atom. The molecule has 3 heterocycles. The van der Waals surface area contributed by atoms with Crippen LogP contribution in [0.25, 0.3) is 15.9 Å². The van der Waals surface area contributed by atoms with E-state index in [2.05, 4.69) is 25.6 Å². The molecule has 0 saturated carbocycles. The third kappa shape index (κ3) is 5.45. The molecule has 0 aliphatic rings. The van der Waals surface area contributed by atoms with Crippen molar-refractivity contribution in [3.8, 4) is 11.6 Å². The number of hydrogen-bond donors (Lipinski definition) is 1. The van der Waals surface area contributed by atoms with Crippen LogP contribution in [0.5, 0.6) is 11.6 Å². The molecule has 0 radical (unpaired) electrons. The number of carbonyl (C=O) groups is 1. The van der Waals surface area contributed by atoms with Gasteiger partial charge in [-0.25, -0.2) is 9.37 Å². The Hall–Kier alpha value is -3.61. The van der Waals surface area contributed by atoms with Gasteiger partial charge in [0.2, 0.25) is 16.9 Å². The SMILES string of the molecule is CCN(CC)CC(=O)Nc1nc2ccc(Sc3nnc4ccc(Oc5cccc(F)c5)nn34)cc2s1. The number of anilines is 1. The van der Waals surface area contributed by atoms with Gasteiger partial charge in [0.25, 0.3) is 0 Å². The van der Waals surface area contributed by atoms with Gasteiger partial charge in [0.15, 0.2) is 10.8 Å². The minimum Gasteiger partial charge on any atom is -0.437 e. The highest BCUT2D eigenvalue weighted by atomic mass is 32.2. The Morgan fingerprint density at radius 1 is 1.14 bits per heavy atom. The number of ether oxygens (including phenoxy) is 1. The molecule has 9 nitrogen and oxygen atoms in total. The lowest BCUT2D eigenvalue weighted by atomic mass is 10.3. The number of aromatic nitrogens is 5. The number of benzene rings is 2. The quantitative estimate of drug-likeness (QED) is 0.285. The van der Waals surface area contributed by atoms with Gasteiger partial charge in [-0.3, -0.25) is 9.69 Å². The van der Waals surface area contributed by atoms with Crippen molar-refractivity contribution in [2.24, 2.45) is 0 Å². The third-order valence-electron chi connectivity index (χ3n) is 5.31. The fraction of sp³-hybridized carbons (Fsp3) is 0.208. The van der Waals surface area contributed by atoms with Crippen LogP contribution in [0.4, 0.5) is 9.52 Å². The Bertz CT molecular complexity index is 1530. The van der Waals surface area contributed by atoms with E-state index >= 15 is 0 Å². The van der Waals surface area contributed by atoms with E-state index in [1.165, 1.54) is 35.2 Å². The van der Waals surface area contributed by atoms with Gasteiger partial charge in [-0.2, -0.15) is 4.52 Å². The second kappa shape index (κ2) is 10.6. The van der Waals surface area contributed by atoms with E-state index < -0.39 is 0 Å². The van der Waals surface area contributed by atoms with Crippen LogP contribution in [-0.2, 0) is 4.79 Å². The molecule has 12 heteroatoms. The maximum atomic E-state index is 13.5. The van der Waals surface area contributed by atoms with Crippen molar-refractivity contribution in [1.29, 1.82) is 0 Å². The van der Waals surface area contributed by atoms with E-state index in [0.717, 1.165) is 28.2 Å². The second-order valence-electron chi connectivity index (χ2n) is 7.74. The highest BCUT2D eigenvalue weighted by Crippen LogP contribution is 2.33. The molecule has 0 fully saturated rings. The molecule has 36 heavy (non-hydrogen) atoms. The first-order valence-corrected chi connectivity index (χ1v) is 12.9. The number of nitrogens with one attached hydrogen (secondary N) is 1. The predicted octanol–water partition coefficient (Wildman–Crippen LogP) is 5.10. The molecule has 0 unspecified atom stereocenters. The summed E-state index contributed by atoms with van der Waals surface area (Å²) >= 11 is 2.81. The fourth-order valence-electron chi connectivity index (χ4n) is 3.46. The number of thiazole rings is 1. The van der Waals surface area contributed by atoms with Gasteiger partial charge >= 0.3 is 0 Å². The highest BCUT2D eigenvalue weighted by Gasteiger charge is 2.14. The minimum absolute atomic E-state index is 0.0791. The summed E-state index contributed by atoms with van der Waals surface area (Å²) in [5.41, 5.74) is 1.36. The second-order valence-corrected chi connectivity index (χ2v) is 9.82. The Labute approximate surface area is 214 Å². The summed E-state index contributed by atoms with van der Waals surface area (Å²) in [4.78, 5) is 19.8. The zero-order valence-corrected chi connectivity index (χ0v) is 21.1. The number of amides is 1. The summed E-state index contributed by atoms with van der Waals surface area (Å²) in [6.45, 7) is 6.02. The monoisotopic (exact) mass is 523 g/mol. The van der Waals surface area contributed by atoms with Crippen LogP contribution in [0.1, 0.15) is 13.8 Å². The molecule has 2 aromatic carbocycles. The van der Waals surface area contributed by atoms with Crippen LogP contribution in [0.15, 0.2) is 64.6 Å². The van der Waals surface area contributed by atoms with Crippen LogP contribution in [0.3, 0.4) is 0 Å². The van der Waals surface area contributed by atoms with Crippen molar-refractivity contribution >= 4 is 50.0 Å². The van der Waals surface area contributed by atoms with Gasteiger partial charge < -0.3 is 10.1 Å². The van der Waals surface area contributed by atoms with E-state index in [1.807, 2.05) is 36.9 Å². The highest BCUT2D eigenvalue weighted by molar-refractivity contribution is 7.99. The van der Waals surface area contributed by atoms with Gasteiger partial charge in [-0.05, 0) is 61.2 Å². The molecule has 0 spiro atoms. The summed E-state index contributed by atoms with van der Waals surface area (Å²) in [5.74, 6) is 0.168. The number of nitrogens with zero attached hydrogens (tertiary/aromatic N) is 6. The van der Waals surface area contributed by atoms with E-state index in [4.69, 9.17) is 4.74 Å². The third-order valence-corrected chi connectivity index (χ3v) is 7.17. The maximum Gasteiger partial charge on any atom is 0.240 e. The Kier molecular flexibility index (Phi) is 7.07. The number of rotatable bonds is 9. The smallest absolute Gasteiger partial charge is 0.240 e. The van der Waals surface area contributed by atoms with E-state index in [-0.39, 0.29) is 17.6 Å². The van der Waals surface area contributed by atoms with Crippen molar-refractivity contribution in [1.82, 2.24) is 29.7 Å². The molecule has 5 rings (SSSR count). The zero-order chi connectivity index (χ0) is 25.1. The molecule has 0 bridgehead atoms. The van der Waals surface area contributed by atoms with Gasteiger partial charge in [0, 0.05) is 17.0 Å². The number of carbonyl (C=O) groups excluding carboxylic acids is 1. The predicted molar refractivity (Wildman–Crippen MR) is 137 cm³/mol. The summed E-state index contributed by atoms with van der Waals surface area (Å²) in [7, 11) is 0. The Balaban J connectivity index is 1.33. The molecule has 0 aliphatic heterocycles. The summed E-state index contributed by atoms with van der Waals surface area (Å²) in [6, 6.07) is 15.1. The Morgan fingerprint density at radius 3 is 2.81 bits per heavy atom. The van der Waals surface area contributed by atoms with Crippen molar-refractivity contribution < 1.29 is 13.9 Å². The molecule has 5 aromatic rings. The lowest BCUT2D eigenvalue weighted by Gasteiger charge is -2.16. The molecule has 1 amide bonds. The zero-order valence-electron chi connectivity index (χ0n) is 19.5. The van der Waals surface area contributed by atoms with Crippen LogP contribution < -0.4 is 10.1 Å². The average Bonchev–Trinajstić information content (AvgIpc) is 3.45. The number of likely N-dealkylation sites (N-methyl/N-ethyl adjacent to an activating group) is 1. The molecular formula is C24H22FN7O2S2. The van der Waals surface area contributed by atoms with Crippen LogP contribution in [0, 0.1) is 5.82 Å². The molecule has 184 valence electrons. The topological polar surface area (TPSA) is 97.5 Å². The van der Waals surface area contributed by atoms with Crippen LogP contribution in [0.2, 0.25) is 0 Å². The summed E-state index contributed by atoms with van der Waals surface area (Å²) < 4.78 is 21.7. The van der Waals surface area contributed by atoms with Crippen molar-refractivity contribution in [2.75, 3.05) is 25.0 Å². The average molecular weight is 524 g/mol. The normalized spacial score (nSPS) is 11.4. The van der Waals surface area contributed by atoms with Gasteiger partial charge in [-0.15, -0.1) is 15.3 Å². The van der Waals surface area contributed by atoms with Crippen LogP contribution in [-0.4, -0.2) is 55.2 Å². The van der Waals surface area contributed by atoms with Gasteiger partial charge in [-0.1, -0.05) is 31.3 Å². The lowest BCUT2D eigenvalue weighted by molar-refractivity contribution is -0.117. The van der Waals surface area contributed by atoms with Crippen LogP contribution >= 0.6 is 23.1 Å². The van der Waals surface area contributed by atoms with Gasteiger partial charge in [0.1, 0.15) is 11.6 Å². The van der Waals surface area contributed by atoms with E-state index in [0.29, 0.717) is 28.2 Å². The number of halogens is 1. The first-order valence-electron chi connectivity index (χ1n) is 11.3. The maximum absolute atomic E-state index is 13.5. The standard InChI is InChI=1S/C24H22FN7O2S2/c1-3-31(4-2)14-21(33)27-23-26-18-9-8-17(13-19(18)36-23)35-24-29-28-20-10-11-22(30-32(20)24)34-16-7-5-6-15(25)12-16/h5-13H,3-4,14H2,1-2H3,(H,26,27,33). The number of hydrogen-bond acceptors (Lipinski definition) is 9. The fourth-order valence-corrected chi connectivity index (χ4v) is 5.28. The van der Waals surface area contributed by atoms with E-state index in [9.17, 15) is 9.18 Å². The number of fused-ring (bicyclic) bond motifs is 2. The van der Waals surface area contributed by atoms with E-state index in [1.54, 1.807) is 28.8 Å². The van der Waals surface area contributed by atoms with Crippen molar-refractivity contribution in [2.45, 2.75) is 23.9 Å². The molecule has 0 saturated heterocycles. The molecule has 1 N–H and O–H groups in total. The summed E-state index contributed by atoms with van der Waals surface area (Å²) in [5, 5.41) is 16.9. The molecule has 0 atom stereocenters. The largest absolute Gasteiger partial charge is 0.437 e. The minimum atomic E-state index is -0.390. The molecular weight excluding hydrogens is 501 g/mol. The van der Waals surface area contributed by atoms with Crippen molar-refractivity contribution in [3.05, 3.63) is 60.4 Å². The molecule has 3 aromatic heterocycles. The first-order chi connectivity index (χ1) is 17.5. The molecule has 0 aliphatic carbocycles. The van der Waals surface area contributed by atoms with Crippen molar-refractivity contribution in [3.63, 3.8) is 0 Å². The summed E-state index contributed by atoms with van der Waals surface area (Å²) in [6.07, 6.45) is 0. The first kappa shape index (κ1) is 24.1. The van der Waals surface area contributed by atoms with Gasteiger partial charge in [0.05, 0.1) is 16.8 Å².